The van der Waals surface area contributed by atoms with Crippen LogP contribution in [0.1, 0.15) is 18.4 Å². The number of nitrogens with two attached hydrogens (primary N) is 1. The van der Waals surface area contributed by atoms with Gasteiger partial charge in [-0.05, 0) is 37.1 Å². The lowest BCUT2D eigenvalue weighted by atomic mass is 10.1. The molecule has 1 amide bonds. The van der Waals surface area contributed by atoms with Crippen LogP contribution in [0.3, 0.4) is 0 Å². The molecule has 1 aromatic heterocycles. The minimum Gasteiger partial charge on any atom is -0.389 e. The van der Waals surface area contributed by atoms with Gasteiger partial charge in [-0.25, -0.2) is 0 Å². The normalized spacial score (nSPS) is 14.9. The van der Waals surface area contributed by atoms with Gasteiger partial charge in [0.05, 0.1) is 0 Å². The zero-order chi connectivity index (χ0) is 14.1. The van der Waals surface area contributed by atoms with Crippen LogP contribution in [0.2, 0.25) is 0 Å². The Labute approximate surface area is 123 Å². The lowest BCUT2D eigenvalue weighted by Gasteiger charge is -2.16. The molecular weight excluding hydrogens is 270 g/mol. The van der Waals surface area contributed by atoms with Crippen molar-refractivity contribution in [1.29, 1.82) is 0 Å². The van der Waals surface area contributed by atoms with Gasteiger partial charge < -0.3 is 15.2 Å². The number of fused-ring (bicyclic) bond motifs is 1. The molecule has 1 saturated heterocycles. The van der Waals surface area contributed by atoms with Crippen molar-refractivity contribution in [2.24, 2.45) is 5.73 Å². The van der Waals surface area contributed by atoms with E-state index in [-0.39, 0.29) is 5.91 Å². The Hall–Kier alpha value is -1.88. The fourth-order valence-electron chi connectivity index (χ4n) is 2.70. The molecule has 1 aromatic carbocycles. The fraction of sp³-hybridized carbons (Fsp3) is 0.333. The van der Waals surface area contributed by atoms with Gasteiger partial charge in [0, 0.05) is 35.8 Å². The third-order valence-corrected chi connectivity index (χ3v) is 4.06. The molecular formula is C15H17N3OS. The topological polar surface area (TPSA) is 51.3 Å². The molecule has 0 bridgehead atoms. The van der Waals surface area contributed by atoms with E-state index in [0.717, 1.165) is 42.4 Å². The first-order valence-electron chi connectivity index (χ1n) is 6.81. The third kappa shape index (κ3) is 2.41. The summed E-state index contributed by atoms with van der Waals surface area (Å²) >= 11 is 4.98. The SMILES string of the molecule is NC(=S)c1ccc2c(ccn2CC(=O)N2CCCC2)c1. The molecule has 2 aromatic rings. The molecule has 3 rings (SSSR count). The number of benzene rings is 1. The number of carbonyl (C=O) groups excluding carboxylic acids is 1. The Kier molecular flexibility index (Phi) is 3.44. The van der Waals surface area contributed by atoms with Gasteiger partial charge in [-0.2, -0.15) is 0 Å². The molecule has 2 heterocycles. The van der Waals surface area contributed by atoms with E-state index >= 15 is 0 Å². The highest BCUT2D eigenvalue weighted by molar-refractivity contribution is 7.80. The fourth-order valence-corrected chi connectivity index (χ4v) is 2.83. The second-order valence-electron chi connectivity index (χ2n) is 5.17. The van der Waals surface area contributed by atoms with E-state index in [9.17, 15) is 4.79 Å². The number of hydrogen-bond acceptors (Lipinski definition) is 2. The van der Waals surface area contributed by atoms with Crippen LogP contribution in [-0.4, -0.2) is 33.5 Å². The van der Waals surface area contributed by atoms with E-state index < -0.39 is 0 Å². The second-order valence-corrected chi connectivity index (χ2v) is 5.61. The summed E-state index contributed by atoms with van der Waals surface area (Å²) in [4.78, 5) is 14.5. The Balaban J connectivity index is 1.85. The van der Waals surface area contributed by atoms with Gasteiger partial charge in [0.15, 0.2) is 0 Å². The average molecular weight is 287 g/mol. The number of hydrogen-bond donors (Lipinski definition) is 1. The highest BCUT2D eigenvalue weighted by Crippen LogP contribution is 2.18. The van der Waals surface area contributed by atoms with Crippen molar-refractivity contribution in [3.8, 4) is 0 Å². The Morgan fingerprint density at radius 2 is 2.00 bits per heavy atom. The lowest BCUT2D eigenvalue weighted by molar-refractivity contribution is -0.130. The zero-order valence-electron chi connectivity index (χ0n) is 11.2. The van der Waals surface area contributed by atoms with Crippen LogP contribution in [0.15, 0.2) is 30.5 Å². The van der Waals surface area contributed by atoms with Crippen LogP contribution in [0, 0.1) is 0 Å². The van der Waals surface area contributed by atoms with Crippen LogP contribution in [0.25, 0.3) is 10.9 Å². The van der Waals surface area contributed by atoms with Crippen molar-refractivity contribution in [3.05, 3.63) is 36.0 Å². The van der Waals surface area contributed by atoms with Gasteiger partial charge in [0.1, 0.15) is 11.5 Å². The molecule has 0 saturated carbocycles. The molecule has 5 heteroatoms. The van der Waals surface area contributed by atoms with E-state index in [4.69, 9.17) is 18.0 Å². The van der Waals surface area contributed by atoms with Crippen LogP contribution in [0.4, 0.5) is 0 Å². The lowest BCUT2D eigenvalue weighted by Crippen LogP contribution is -2.30. The molecule has 0 unspecified atom stereocenters. The molecule has 0 atom stereocenters. The minimum atomic E-state index is 0.193. The standard InChI is InChI=1S/C15H17N3OS/c16-15(20)12-3-4-13-11(9-12)5-8-18(13)10-14(19)17-6-1-2-7-17/h3-5,8-9H,1-2,6-7,10H2,(H2,16,20). The smallest absolute Gasteiger partial charge is 0.242 e. The van der Waals surface area contributed by atoms with E-state index in [2.05, 4.69) is 0 Å². The van der Waals surface area contributed by atoms with Gasteiger partial charge in [-0.3, -0.25) is 4.79 Å². The average Bonchev–Trinajstić information content (AvgIpc) is 3.07. The maximum Gasteiger partial charge on any atom is 0.242 e. The largest absolute Gasteiger partial charge is 0.389 e. The van der Waals surface area contributed by atoms with Crippen molar-refractivity contribution >= 4 is 34.0 Å². The number of amides is 1. The van der Waals surface area contributed by atoms with Gasteiger partial charge >= 0.3 is 0 Å². The molecule has 1 fully saturated rings. The molecule has 1 aliphatic rings. The summed E-state index contributed by atoms with van der Waals surface area (Å²) in [5.41, 5.74) is 7.54. The van der Waals surface area contributed by atoms with E-state index in [0.29, 0.717) is 11.5 Å². The predicted octanol–water partition coefficient (Wildman–Crippen LogP) is 1.90. The third-order valence-electron chi connectivity index (χ3n) is 3.82. The maximum atomic E-state index is 12.2. The van der Waals surface area contributed by atoms with Gasteiger partial charge in [-0.15, -0.1) is 0 Å². The maximum absolute atomic E-state index is 12.2. The van der Waals surface area contributed by atoms with Crippen molar-refractivity contribution in [1.82, 2.24) is 9.47 Å². The van der Waals surface area contributed by atoms with Crippen LogP contribution < -0.4 is 5.73 Å². The summed E-state index contributed by atoms with van der Waals surface area (Å²) in [6.45, 7) is 2.18. The van der Waals surface area contributed by atoms with Gasteiger partial charge in [-0.1, -0.05) is 12.2 Å². The summed E-state index contributed by atoms with van der Waals surface area (Å²) in [5, 5.41) is 1.06. The van der Waals surface area contributed by atoms with Gasteiger partial charge in [0.25, 0.3) is 0 Å². The molecule has 0 radical (unpaired) electrons. The van der Waals surface area contributed by atoms with E-state index in [1.165, 1.54) is 0 Å². The van der Waals surface area contributed by atoms with Crippen LogP contribution in [0.5, 0.6) is 0 Å². The highest BCUT2D eigenvalue weighted by Gasteiger charge is 2.18. The van der Waals surface area contributed by atoms with Crippen molar-refractivity contribution < 1.29 is 4.79 Å². The van der Waals surface area contributed by atoms with E-state index in [1.807, 2.05) is 39.9 Å². The van der Waals surface area contributed by atoms with Crippen molar-refractivity contribution in [2.45, 2.75) is 19.4 Å². The van der Waals surface area contributed by atoms with Crippen molar-refractivity contribution in [2.75, 3.05) is 13.1 Å². The minimum absolute atomic E-state index is 0.193. The quantitative estimate of drug-likeness (QED) is 0.877. The van der Waals surface area contributed by atoms with Crippen molar-refractivity contribution in [3.63, 3.8) is 0 Å². The molecule has 20 heavy (non-hydrogen) atoms. The first-order chi connectivity index (χ1) is 9.65. The number of aromatic nitrogens is 1. The van der Waals surface area contributed by atoms with Crippen LogP contribution >= 0.6 is 12.2 Å². The molecule has 1 aliphatic heterocycles. The Morgan fingerprint density at radius 1 is 1.25 bits per heavy atom. The molecule has 104 valence electrons. The first kappa shape index (κ1) is 13.1. The zero-order valence-corrected chi connectivity index (χ0v) is 12.0. The summed E-state index contributed by atoms with van der Waals surface area (Å²) in [5.74, 6) is 0.193. The number of rotatable bonds is 3. The second kappa shape index (κ2) is 5.25. The summed E-state index contributed by atoms with van der Waals surface area (Å²) in [6, 6.07) is 7.84. The number of carbonyl (C=O) groups is 1. The van der Waals surface area contributed by atoms with Crippen LogP contribution in [-0.2, 0) is 11.3 Å². The summed E-state index contributed by atoms with van der Waals surface area (Å²) in [6.07, 6.45) is 4.19. The monoisotopic (exact) mass is 287 g/mol. The summed E-state index contributed by atoms with van der Waals surface area (Å²) < 4.78 is 1.99. The first-order valence-corrected chi connectivity index (χ1v) is 7.22. The molecule has 2 N–H and O–H groups in total. The number of likely N-dealkylation sites (tertiary alicyclic amines) is 1. The predicted molar refractivity (Wildman–Crippen MR) is 83.6 cm³/mol. The summed E-state index contributed by atoms with van der Waals surface area (Å²) in [7, 11) is 0. The Bertz CT molecular complexity index is 671. The Morgan fingerprint density at radius 3 is 2.70 bits per heavy atom. The molecule has 4 nitrogen and oxygen atoms in total. The number of nitrogens with zero attached hydrogens (tertiary/aromatic N) is 2. The molecule has 0 aliphatic carbocycles. The highest BCUT2D eigenvalue weighted by atomic mass is 32.1. The molecule has 0 spiro atoms. The number of thiocarbonyl (C=S) groups is 1. The van der Waals surface area contributed by atoms with E-state index in [1.54, 1.807) is 0 Å². The van der Waals surface area contributed by atoms with Gasteiger partial charge in [0.2, 0.25) is 5.91 Å².